The first-order valence-corrected chi connectivity index (χ1v) is 7.69. The van der Waals surface area contributed by atoms with Gasteiger partial charge in [0.1, 0.15) is 0 Å². The van der Waals surface area contributed by atoms with Crippen LogP contribution in [0.1, 0.15) is 22.3 Å². The van der Waals surface area contributed by atoms with E-state index in [9.17, 15) is 0 Å². The second-order valence-corrected chi connectivity index (χ2v) is 5.91. The zero-order chi connectivity index (χ0) is 13.1. The molecule has 18 heavy (non-hydrogen) atoms. The number of hydrogen-bond donors (Lipinski definition) is 0. The Labute approximate surface area is 118 Å². The molecule has 1 aromatic rings. The topological polar surface area (TPSA) is 12.5 Å². The van der Waals surface area contributed by atoms with E-state index in [2.05, 4.69) is 53.7 Å². The molecule has 1 fully saturated rings. The van der Waals surface area contributed by atoms with Crippen LogP contribution in [0.15, 0.2) is 12.1 Å². The van der Waals surface area contributed by atoms with Gasteiger partial charge in [0.25, 0.3) is 0 Å². The molecule has 0 bridgehead atoms. The van der Waals surface area contributed by atoms with Crippen LogP contribution in [0.25, 0.3) is 0 Å². The van der Waals surface area contributed by atoms with Gasteiger partial charge < -0.3 is 4.74 Å². The van der Waals surface area contributed by atoms with E-state index in [0.29, 0.717) is 6.10 Å². The van der Waals surface area contributed by atoms with Gasteiger partial charge in [0, 0.05) is 25.0 Å². The predicted octanol–water partition coefficient (Wildman–Crippen LogP) is 3.21. The normalized spacial score (nSPS) is 21.2. The van der Waals surface area contributed by atoms with E-state index in [1.54, 1.807) is 0 Å². The number of rotatable bonds is 3. The fourth-order valence-corrected chi connectivity index (χ4v) is 3.09. The molecule has 0 N–H and O–H groups in total. The number of aryl methyl sites for hydroxylation is 3. The first-order valence-electron chi connectivity index (χ1n) is 6.57. The SMILES string of the molecule is Cc1cc(C)c(CN2CCOC(CBr)C2)c(C)c1. The van der Waals surface area contributed by atoms with Crippen LogP contribution in [0.4, 0.5) is 0 Å². The summed E-state index contributed by atoms with van der Waals surface area (Å²) in [4.78, 5) is 2.50. The van der Waals surface area contributed by atoms with Gasteiger partial charge in [-0.25, -0.2) is 0 Å². The highest BCUT2D eigenvalue weighted by Crippen LogP contribution is 2.20. The van der Waals surface area contributed by atoms with Crippen LogP contribution < -0.4 is 0 Å². The Balaban J connectivity index is 2.09. The van der Waals surface area contributed by atoms with Crippen molar-refractivity contribution < 1.29 is 4.74 Å². The number of halogens is 1. The van der Waals surface area contributed by atoms with Crippen molar-refractivity contribution in [2.45, 2.75) is 33.4 Å². The molecule has 2 rings (SSSR count). The summed E-state index contributed by atoms with van der Waals surface area (Å²) < 4.78 is 5.69. The summed E-state index contributed by atoms with van der Waals surface area (Å²) in [5, 5.41) is 0.926. The molecule has 0 aromatic heterocycles. The van der Waals surface area contributed by atoms with Crippen LogP contribution in [0.5, 0.6) is 0 Å². The molecule has 0 radical (unpaired) electrons. The van der Waals surface area contributed by atoms with E-state index in [0.717, 1.165) is 31.6 Å². The van der Waals surface area contributed by atoms with Crippen molar-refractivity contribution in [1.82, 2.24) is 4.90 Å². The average molecular weight is 312 g/mol. The molecule has 0 spiro atoms. The summed E-state index contributed by atoms with van der Waals surface area (Å²) in [7, 11) is 0. The second-order valence-electron chi connectivity index (χ2n) is 5.26. The van der Waals surface area contributed by atoms with Gasteiger partial charge in [-0.3, -0.25) is 4.90 Å². The summed E-state index contributed by atoms with van der Waals surface area (Å²) in [6.45, 7) is 10.6. The van der Waals surface area contributed by atoms with E-state index in [-0.39, 0.29) is 0 Å². The summed E-state index contributed by atoms with van der Waals surface area (Å²) in [5.74, 6) is 0. The molecule has 1 aliphatic heterocycles. The Hall–Kier alpha value is -0.380. The number of alkyl halides is 1. The van der Waals surface area contributed by atoms with E-state index in [1.165, 1.54) is 22.3 Å². The maximum atomic E-state index is 5.69. The lowest BCUT2D eigenvalue weighted by Gasteiger charge is -2.32. The number of ether oxygens (including phenoxy) is 1. The van der Waals surface area contributed by atoms with Crippen molar-refractivity contribution in [1.29, 1.82) is 0 Å². The van der Waals surface area contributed by atoms with Crippen molar-refractivity contribution in [3.8, 4) is 0 Å². The van der Waals surface area contributed by atoms with Crippen molar-refractivity contribution in [2.24, 2.45) is 0 Å². The molecule has 3 heteroatoms. The van der Waals surface area contributed by atoms with Crippen LogP contribution in [-0.4, -0.2) is 36.0 Å². The third-order valence-electron chi connectivity index (χ3n) is 3.62. The zero-order valence-electron chi connectivity index (χ0n) is 11.5. The van der Waals surface area contributed by atoms with Gasteiger partial charge >= 0.3 is 0 Å². The fourth-order valence-electron chi connectivity index (χ4n) is 2.70. The van der Waals surface area contributed by atoms with Crippen molar-refractivity contribution >= 4 is 15.9 Å². The molecule has 100 valence electrons. The van der Waals surface area contributed by atoms with E-state index >= 15 is 0 Å². The minimum absolute atomic E-state index is 0.338. The Morgan fingerprint density at radius 1 is 1.28 bits per heavy atom. The van der Waals surface area contributed by atoms with Gasteiger partial charge in [-0.1, -0.05) is 33.6 Å². The van der Waals surface area contributed by atoms with Gasteiger partial charge in [-0.05, 0) is 37.5 Å². The summed E-state index contributed by atoms with van der Waals surface area (Å²) in [6.07, 6.45) is 0.338. The number of nitrogens with zero attached hydrogens (tertiary/aromatic N) is 1. The third-order valence-corrected chi connectivity index (χ3v) is 4.34. The maximum absolute atomic E-state index is 5.69. The minimum Gasteiger partial charge on any atom is -0.375 e. The highest BCUT2D eigenvalue weighted by molar-refractivity contribution is 9.09. The monoisotopic (exact) mass is 311 g/mol. The lowest BCUT2D eigenvalue weighted by Crippen LogP contribution is -2.42. The lowest BCUT2D eigenvalue weighted by atomic mass is 9.99. The molecule has 1 atom stereocenters. The maximum Gasteiger partial charge on any atom is 0.0799 e. The highest BCUT2D eigenvalue weighted by Gasteiger charge is 2.20. The Morgan fingerprint density at radius 3 is 2.56 bits per heavy atom. The fraction of sp³-hybridized carbons (Fsp3) is 0.600. The van der Waals surface area contributed by atoms with Gasteiger partial charge in [0.15, 0.2) is 0 Å². The molecular formula is C15H22BrNO. The standard InChI is InChI=1S/C15H22BrNO/c1-11-6-12(2)15(13(3)7-11)10-17-4-5-18-14(8-16)9-17/h6-7,14H,4-5,8-10H2,1-3H3. The molecule has 1 aromatic carbocycles. The van der Waals surface area contributed by atoms with Crippen LogP contribution in [0, 0.1) is 20.8 Å². The first-order chi connectivity index (χ1) is 8.60. The Kier molecular flexibility index (Phi) is 4.82. The van der Waals surface area contributed by atoms with Crippen molar-refractivity contribution in [3.05, 3.63) is 34.4 Å². The molecule has 0 amide bonds. The average Bonchev–Trinajstić information content (AvgIpc) is 2.34. The lowest BCUT2D eigenvalue weighted by molar-refractivity contribution is -0.0182. The minimum atomic E-state index is 0.338. The first kappa shape index (κ1) is 14.0. The smallest absolute Gasteiger partial charge is 0.0799 e. The van der Waals surface area contributed by atoms with Gasteiger partial charge in [0.05, 0.1) is 12.7 Å². The predicted molar refractivity (Wildman–Crippen MR) is 79.5 cm³/mol. The third kappa shape index (κ3) is 3.34. The van der Waals surface area contributed by atoms with Gasteiger partial charge in [-0.15, -0.1) is 0 Å². The molecular weight excluding hydrogens is 290 g/mol. The van der Waals surface area contributed by atoms with Crippen molar-refractivity contribution in [3.63, 3.8) is 0 Å². The summed E-state index contributed by atoms with van der Waals surface area (Å²) >= 11 is 3.51. The van der Waals surface area contributed by atoms with Crippen LogP contribution in [-0.2, 0) is 11.3 Å². The summed E-state index contributed by atoms with van der Waals surface area (Å²) in [5.41, 5.74) is 5.66. The van der Waals surface area contributed by atoms with E-state index in [1.807, 2.05) is 0 Å². The van der Waals surface area contributed by atoms with E-state index in [4.69, 9.17) is 4.74 Å². The molecule has 1 unspecified atom stereocenters. The number of hydrogen-bond acceptors (Lipinski definition) is 2. The number of benzene rings is 1. The van der Waals surface area contributed by atoms with Gasteiger partial charge in [-0.2, -0.15) is 0 Å². The largest absolute Gasteiger partial charge is 0.375 e. The van der Waals surface area contributed by atoms with E-state index < -0.39 is 0 Å². The quantitative estimate of drug-likeness (QED) is 0.795. The molecule has 2 nitrogen and oxygen atoms in total. The highest BCUT2D eigenvalue weighted by atomic mass is 79.9. The zero-order valence-corrected chi connectivity index (χ0v) is 13.1. The summed E-state index contributed by atoms with van der Waals surface area (Å²) in [6, 6.07) is 4.56. The molecule has 0 aliphatic carbocycles. The Bertz CT molecular complexity index is 396. The van der Waals surface area contributed by atoms with Gasteiger partial charge in [0.2, 0.25) is 0 Å². The van der Waals surface area contributed by atoms with Crippen LogP contribution in [0.2, 0.25) is 0 Å². The molecule has 1 heterocycles. The van der Waals surface area contributed by atoms with Crippen LogP contribution in [0.3, 0.4) is 0 Å². The Morgan fingerprint density at radius 2 is 1.94 bits per heavy atom. The molecule has 1 aliphatic rings. The van der Waals surface area contributed by atoms with Crippen LogP contribution >= 0.6 is 15.9 Å². The number of morpholine rings is 1. The molecule has 0 saturated carbocycles. The molecule has 1 saturated heterocycles. The van der Waals surface area contributed by atoms with Crippen molar-refractivity contribution in [2.75, 3.05) is 25.0 Å². The second kappa shape index (κ2) is 6.18.